The molecular weight excluding hydrogens is 258 g/mol. The molecule has 1 fully saturated rings. The van der Waals surface area contributed by atoms with E-state index in [2.05, 4.69) is 22.2 Å². The third-order valence-corrected chi connectivity index (χ3v) is 4.35. The number of nitrogens with zero attached hydrogens (tertiary/aromatic N) is 4. The molecule has 0 aromatic carbocycles. The lowest BCUT2D eigenvalue weighted by molar-refractivity contribution is -0.384. The zero-order valence-electron chi connectivity index (χ0n) is 12.6. The van der Waals surface area contributed by atoms with E-state index in [1.165, 1.54) is 0 Å². The fourth-order valence-electron chi connectivity index (χ4n) is 2.80. The van der Waals surface area contributed by atoms with Crippen LogP contribution in [0, 0.1) is 10.1 Å². The monoisotopic (exact) mass is 281 g/mol. The molecule has 20 heavy (non-hydrogen) atoms. The van der Waals surface area contributed by atoms with E-state index in [0.29, 0.717) is 17.9 Å². The SMILES string of the molecule is CCc1nn(C)c(N2CCC(C)(NC)CC2)c1[N+](=O)[O-]. The molecule has 0 spiro atoms. The minimum Gasteiger partial charge on any atom is -0.351 e. The average Bonchev–Trinajstić information content (AvgIpc) is 2.77. The average molecular weight is 281 g/mol. The Morgan fingerprint density at radius 2 is 2.05 bits per heavy atom. The van der Waals surface area contributed by atoms with Crippen molar-refractivity contribution in [3.63, 3.8) is 0 Å². The first-order chi connectivity index (χ1) is 9.41. The van der Waals surface area contributed by atoms with Crippen molar-refractivity contribution in [3.05, 3.63) is 15.8 Å². The van der Waals surface area contributed by atoms with Crippen LogP contribution in [0.2, 0.25) is 0 Å². The van der Waals surface area contributed by atoms with Crippen molar-refractivity contribution in [1.29, 1.82) is 0 Å². The van der Waals surface area contributed by atoms with Gasteiger partial charge in [0.25, 0.3) is 0 Å². The van der Waals surface area contributed by atoms with E-state index in [1.807, 2.05) is 14.0 Å². The highest BCUT2D eigenvalue weighted by atomic mass is 16.6. The van der Waals surface area contributed by atoms with Crippen molar-refractivity contribution >= 4 is 11.5 Å². The predicted molar refractivity (Wildman–Crippen MR) is 78.2 cm³/mol. The lowest BCUT2D eigenvalue weighted by Crippen LogP contribution is -2.50. The molecule has 2 rings (SSSR count). The zero-order chi connectivity index (χ0) is 14.9. The zero-order valence-corrected chi connectivity index (χ0v) is 12.6. The molecular formula is C13H23N5O2. The maximum atomic E-state index is 11.4. The molecule has 1 aromatic heterocycles. The number of nitro groups is 1. The second-order valence-corrected chi connectivity index (χ2v) is 5.65. The molecule has 0 saturated carbocycles. The number of aromatic nitrogens is 2. The molecule has 0 amide bonds. The second-order valence-electron chi connectivity index (χ2n) is 5.65. The third kappa shape index (κ3) is 2.49. The highest BCUT2D eigenvalue weighted by Gasteiger charge is 2.34. The molecule has 1 saturated heterocycles. The first kappa shape index (κ1) is 14.8. The summed E-state index contributed by atoms with van der Waals surface area (Å²) in [6.45, 7) is 5.70. The van der Waals surface area contributed by atoms with Gasteiger partial charge in [0.15, 0.2) is 0 Å². The molecule has 0 atom stereocenters. The van der Waals surface area contributed by atoms with Crippen LogP contribution >= 0.6 is 0 Å². The van der Waals surface area contributed by atoms with E-state index in [1.54, 1.807) is 11.7 Å². The van der Waals surface area contributed by atoms with Gasteiger partial charge in [-0.25, -0.2) is 4.68 Å². The Bertz CT molecular complexity index is 503. The Morgan fingerprint density at radius 1 is 1.45 bits per heavy atom. The van der Waals surface area contributed by atoms with Gasteiger partial charge in [-0.2, -0.15) is 5.10 Å². The van der Waals surface area contributed by atoms with Crippen molar-refractivity contribution in [2.45, 2.75) is 38.6 Å². The molecule has 7 heteroatoms. The van der Waals surface area contributed by atoms with Crippen LogP contribution in [0.15, 0.2) is 0 Å². The molecule has 112 valence electrons. The summed E-state index contributed by atoms with van der Waals surface area (Å²) in [6, 6.07) is 0. The largest absolute Gasteiger partial charge is 0.351 e. The van der Waals surface area contributed by atoms with Crippen molar-refractivity contribution in [1.82, 2.24) is 15.1 Å². The Hall–Kier alpha value is -1.63. The summed E-state index contributed by atoms with van der Waals surface area (Å²) in [7, 11) is 3.75. The summed E-state index contributed by atoms with van der Waals surface area (Å²) in [5, 5.41) is 19.0. The van der Waals surface area contributed by atoms with E-state index in [-0.39, 0.29) is 16.1 Å². The minimum atomic E-state index is -0.299. The maximum Gasteiger partial charge on any atom is 0.334 e. The summed E-state index contributed by atoms with van der Waals surface area (Å²) in [5.41, 5.74) is 0.856. The number of anilines is 1. The van der Waals surface area contributed by atoms with Crippen LogP contribution in [-0.4, -0.2) is 40.4 Å². The molecule has 1 aliphatic heterocycles. The number of aryl methyl sites for hydroxylation is 2. The Balaban J connectivity index is 2.30. The quantitative estimate of drug-likeness (QED) is 0.668. The summed E-state index contributed by atoms with van der Waals surface area (Å²) in [4.78, 5) is 13.1. The number of rotatable bonds is 4. The van der Waals surface area contributed by atoms with Gasteiger partial charge in [-0.05, 0) is 33.2 Å². The normalized spacial score (nSPS) is 18.3. The van der Waals surface area contributed by atoms with Gasteiger partial charge < -0.3 is 10.2 Å². The molecule has 1 aromatic rings. The topological polar surface area (TPSA) is 76.2 Å². The number of nitrogens with one attached hydrogen (secondary N) is 1. The van der Waals surface area contributed by atoms with Gasteiger partial charge in [0.1, 0.15) is 5.69 Å². The van der Waals surface area contributed by atoms with Gasteiger partial charge in [0.05, 0.1) is 4.92 Å². The standard InChI is InChI=1S/C13H23N5O2/c1-5-10-11(18(19)20)12(16(4)15-10)17-8-6-13(2,14-3)7-9-17/h14H,5-9H2,1-4H3. The van der Waals surface area contributed by atoms with Gasteiger partial charge in [0.2, 0.25) is 5.82 Å². The first-order valence-corrected chi connectivity index (χ1v) is 7.06. The molecule has 0 bridgehead atoms. The van der Waals surface area contributed by atoms with E-state index < -0.39 is 0 Å². The first-order valence-electron chi connectivity index (χ1n) is 7.06. The van der Waals surface area contributed by atoms with Crippen LogP contribution in [0.3, 0.4) is 0 Å². The summed E-state index contributed by atoms with van der Waals surface area (Å²) < 4.78 is 1.65. The number of piperidine rings is 1. The van der Waals surface area contributed by atoms with E-state index in [4.69, 9.17) is 0 Å². The molecule has 0 radical (unpaired) electrons. The van der Waals surface area contributed by atoms with Crippen LogP contribution in [0.5, 0.6) is 0 Å². The highest BCUT2D eigenvalue weighted by Crippen LogP contribution is 2.34. The smallest absolute Gasteiger partial charge is 0.334 e. The van der Waals surface area contributed by atoms with Crippen LogP contribution in [0.4, 0.5) is 11.5 Å². The molecule has 2 heterocycles. The van der Waals surface area contributed by atoms with Crippen molar-refractivity contribution < 1.29 is 4.92 Å². The van der Waals surface area contributed by atoms with Crippen molar-refractivity contribution in [3.8, 4) is 0 Å². The lowest BCUT2D eigenvalue weighted by Gasteiger charge is -2.39. The molecule has 0 aliphatic carbocycles. The van der Waals surface area contributed by atoms with Crippen LogP contribution < -0.4 is 10.2 Å². The minimum absolute atomic E-state index is 0.122. The molecule has 1 aliphatic rings. The molecule has 1 N–H and O–H groups in total. The highest BCUT2D eigenvalue weighted by molar-refractivity contribution is 5.62. The Labute approximate surface area is 119 Å². The summed E-state index contributed by atoms with van der Waals surface area (Å²) in [6.07, 6.45) is 2.51. The van der Waals surface area contributed by atoms with Gasteiger partial charge in [-0.3, -0.25) is 10.1 Å². The van der Waals surface area contributed by atoms with Crippen LogP contribution in [0.1, 0.15) is 32.4 Å². The predicted octanol–water partition coefficient (Wildman–Crippen LogP) is 1.47. The summed E-state index contributed by atoms with van der Waals surface area (Å²) in [5.74, 6) is 0.644. The molecule has 7 nitrogen and oxygen atoms in total. The van der Waals surface area contributed by atoms with Crippen molar-refractivity contribution in [2.75, 3.05) is 25.0 Å². The third-order valence-electron chi connectivity index (χ3n) is 4.35. The Kier molecular flexibility index (Phi) is 3.99. The Morgan fingerprint density at radius 3 is 2.50 bits per heavy atom. The molecule has 0 unspecified atom stereocenters. The van der Waals surface area contributed by atoms with Gasteiger partial charge in [0, 0.05) is 25.7 Å². The van der Waals surface area contributed by atoms with Crippen molar-refractivity contribution in [2.24, 2.45) is 7.05 Å². The van der Waals surface area contributed by atoms with Gasteiger partial charge in [-0.15, -0.1) is 0 Å². The second kappa shape index (κ2) is 5.40. The van der Waals surface area contributed by atoms with Crippen LogP contribution in [-0.2, 0) is 13.5 Å². The van der Waals surface area contributed by atoms with E-state index in [9.17, 15) is 10.1 Å². The van der Waals surface area contributed by atoms with Gasteiger partial charge in [-0.1, -0.05) is 6.92 Å². The fraction of sp³-hybridized carbons (Fsp3) is 0.769. The van der Waals surface area contributed by atoms with Crippen LogP contribution in [0.25, 0.3) is 0 Å². The van der Waals surface area contributed by atoms with E-state index in [0.717, 1.165) is 25.9 Å². The maximum absolute atomic E-state index is 11.4. The van der Waals surface area contributed by atoms with E-state index >= 15 is 0 Å². The van der Waals surface area contributed by atoms with Gasteiger partial charge >= 0.3 is 5.69 Å². The summed E-state index contributed by atoms with van der Waals surface area (Å²) >= 11 is 0. The lowest BCUT2D eigenvalue weighted by atomic mass is 9.90. The number of hydrogen-bond donors (Lipinski definition) is 1. The fourth-order valence-corrected chi connectivity index (χ4v) is 2.80. The number of hydrogen-bond acceptors (Lipinski definition) is 5.